The molecule has 2 N–H and O–H groups in total. The van der Waals surface area contributed by atoms with E-state index in [0.29, 0.717) is 17.8 Å². The van der Waals surface area contributed by atoms with Crippen molar-refractivity contribution in [3.63, 3.8) is 0 Å². The highest BCUT2D eigenvalue weighted by Gasteiger charge is 2.21. The number of hydrogen-bond acceptors (Lipinski definition) is 3. The minimum Gasteiger partial charge on any atom is -0.352 e. The molecular formula is C15H13N3O2. The molecule has 1 aliphatic rings. The Morgan fingerprint density at radius 3 is 3.05 bits per heavy atom. The average Bonchev–Trinajstić information content (AvgIpc) is 2.78. The molecule has 2 aromatic rings. The zero-order valence-electron chi connectivity index (χ0n) is 10.8. The summed E-state index contributed by atoms with van der Waals surface area (Å²) in [5.41, 5.74) is 3.25. The number of anilines is 1. The van der Waals surface area contributed by atoms with Crippen LogP contribution in [0.4, 0.5) is 5.69 Å². The van der Waals surface area contributed by atoms with Crippen molar-refractivity contribution >= 4 is 28.3 Å². The van der Waals surface area contributed by atoms with Gasteiger partial charge in [-0.15, -0.1) is 0 Å². The number of ketones is 1. The van der Waals surface area contributed by atoms with Crippen molar-refractivity contribution in [2.75, 3.05) is 5.32 Å². The molecule has 0 radical (unpaired) electrons. The SMILES string of the molecule is N#CCC(=O)Nc1ccc2c3c([nH]c2c1)C(=O)CCC3. The second kappa shape index (κ2) is 4.82. The minimum atomic E-state index is -0.334. The van der Waals surface area contributed by atoms with Crippen LogP contribution in [0.3, 0.4) is 0 Å². The number of carbonyl (C=O) groups excluding carboxylic acids is 2. The lowest BCUT2D eigenvalue weighted by Crippen LogP contribution is -2.09. The maximum absolute atomic E-state index is 11.9. The fourth-order valence-corrected chi connectivity index (χ4v) is 2.66. The van der Waals surface area contributed by atoms with Gasteiger partial charge in [-0.05, 0) is 30.5 Å². The lowest BCUT2D eigenvalue weighted by Gasteiger charge is -2.09. The normalized spacial score (nSPS) is 13.8. The van der Waals surface area contributed by atoms with Gasteiger partial charge in [0.2, 0.25) is 5.91 Å². The number of rotatable bonds is 2. The largest absolute Gasteiger partial charge is 0.352 e. The van der Waals surface area contributed by atoms with Gasteiger partial charge in [-0.1, -0.05) is 6.07 Å². The van der Waals surface area contributed by atoms with E-state index in [0.717, 1.165) is 29.3 Å². The highest BCUT2D eigenvalue weighted by Crippen LogP contribution is 2.30. The second-order valence-electron chi connectivity index (χ2n) is 4.90. The molecule has 1 heterocycles. The maximum atomic E-state index is 11.9. The van der Waals surface area contributed by atoms with Crippen molar-refractivity contribution in [3.05, 3.63) is 29.5 Å². The standard InChI is InChI=1S/C15H13N3O2/c16-7-6-14(20)17-9-4-5-10-11-2-1-3-13(19)15(11)18-12(10)8-9/h4-5,8,18H,1-3,6H2,(H,17,20). The van der Waals surface area contributed by atoms with Crippen molar-refractivity contribution in [3.8, 4) is 6.07 Å². The molecule has 0 aliphatic heterocycles. The van der Waals surface area contributed by atoms with Gasteiger partial charge in [-0.25, -0.2) is 0 Å². The van der Waals surface area contributed by atoms with Gasteiger partial charge in [0.25, 0.3) is 0 Å². The lowest BCUT2D eigenvalue weighted by atomic mass is 9.95. The molecule has 0 spiro atoms. The summed E-state index contributed by atoms with van der Waals surface area (Å²) in [6.45, 7) is 0. The van der Waals surface area contributed by atoms with Crippen molar-refractivity contribution in [2.24, 2.45) is 0 Å². The van der Waals surface area contributed by atoms with Crippen LogP contribution in [-0.4, -0.2) is 16.7 Å². The number of nitrogens with zero attached hydrogens (tertiary/aromatic N) is 1. The van der Waals surface area contributed by atoms with Gasteiger partial charge in [-0.3, -0.25) is 9.59 Å². The monoisotopic (exact) mass is 267 g/mol. The number of benzene rings is 1. The number of aromatic amines is 1. The predicted octanol–water partition coefficient (Wildman–Crippen LogP) is 2.54. The summed E-state index contributed by atoms with van der Waals surface area (Å²) in [4.78, 5) is 26.4. The molecule has 1 aliphatic carbocycles. The predicted molar refractivity (Wildman–Crippen MR) is 74.4 cm³/mol. The Hall–Kier alpha value is -2.61. The van der Waals surface area contributed by atoms with E-state index in [4.69, 9.17) is 5.26 Å². The Bertz CT molecular complexity index is 752. The number of Topliss-reactive ketones (excluding diaryl/α,β-unsaturated/α-hetero) is 1. The van der Waals surface area contributed by atoms with Crippen molar-refractivity contribution in [1.82, 2.24) is 4.98 Å². The van der Waals surface area contributed by atoms with Crippen molar-refractivity contribution in [1.29, 1.82) is 5.26 Å². The third-order valence-corrected chi connectivity index (χ3v) is 3.54. The molecule has 20 heavy (non-hydrogen) atoms. The van der Waals surface area contributed by atoms with Crippen LogP contribution in [0.1, 0.15) is 35.3 Å². The van der Waals surface area contributed by atoms with Gasteiger partial charge in [0, 0.05) is 23.0 Å². The summed E-state index contributed by atoms with van der Waals surface area (Å²) in [7, 11) is 0. The quantitative estimate of drug-likeness (QED) is 0.876. The molecule has 1 amide bonds. The smallest absolute Gasteiger partial charge is 0.238 e. The first-order valence-corrected chi connectivity index (χ1v) is 6.53. The van der Waals surface area contributed by atoms with Crippen LogP contribution in [0, 0.1) is 11.3 Å². The van der Waals surface area contributed by atoms with Crippen LogP contribution in [0.5, 0.6) is 0 Å². The number of H-pyrrole nitrogens is 1. The number of aromatic nitrogens is 1. The molecule has 0 atom stereocenters. The van der Waals surface area contributed by atoms with Crippen molar-refractivity contribution in [2.45, 2.75) is 25.7 Å². The van der Waals surface area contributed by atoms with Gasteiger partial charge < -0.3 is 10.3 Å². The van der Waals surface area contributed by atoms with Crippen LogP contribution >= 0.6 is 0 Å². The summed E-state index contributed by atoms with van der Waals surface area (Å²) < 4.78 is 0. The molecule has 3 rings (SSSR count). The second-order valence-corrected chi connectivity index (χ2v) is 4.90. The first-order chi connectivity index (χ1) is 9.69. The third kappa shape index (κ3) is 2.05. The summed E-state index contributed by atoms with van der Waals surface area (Å²) >= 11 is 0. The van der Waals surface area contributed by atoms with Crippen LogP contribution in [0.15, 0.2) is 18.2 Å². The van der Waals surface area contributed by atoms with E-state index < -0.39 is 0 Å². The fourth-order valence-electron chi connectivity index (χ4n) is 2.66. The molecule has 100 valence electrons. The van der Waals surface area contributed by atoms with Crippen LogP contribution in [0.25, 0.3) is 10.9 Å². The maximum Gasteiger partial charge on any atom is 0.238 e. The number of nitrogens with one attached hydrogen (secondary N) is 2. The molecule has 1 aromatic carbocycles. The Kier molecular flexibility index (Phi) is 2.99. The summed E-state index contributed by atoms with van der Waals surface area (Å²) in [5.74, 6) is -0.184. The minimum absolute atomic E-state index is 0.150. The zero-order chi connectivity index (χ0) is 14.1. The summed E-state index contributed by atoms with van der Waals surface area (Å²) in [5, 5.41) is 12.2. The number of carbonyl (C=O) groups is 2. The molecule has 0 bridgehead atoms. The Morgan fingerprint density at radius 1 is 1.40 bits per heavy atom. The molecule has 5 nitrogen and oxygen atoms in total. The molecule has 0 unspecified atom stereocenters. The van der Waals surface area contributed by atoms with E-state index in [1.165, 1.54) is 0 Å². The number of nitriles is 1. The lowest BCUT2D eigenvalue weighted by molar-refractivity contribution is -0.115. The van der Waals surface area contributed by atoms with Gasteiger partial charge >= 0.3 is 0 Å². The van der Waals surface area contributed by atoms with E-state index in [1.807, 2.05) is 6.07 Å². The molecule has 1 aromatic heterocycles. The highest BCUT2D eigenvalue weighted by molar-refractivity contribution is 6.04. The topological polar surface area (TPSA) is 85.8 Å². The van der Waals surface area contributed by atoms with Gasteiger partial charge in [-0.2, -0.15) is 5.26 Å². The van der Waals surface area contributed by atoms with E-state index in [-0.39, 0.29) is 18.1 Å². The van der Waals surface area contributed by atoms with Crippen LogP contribution in [0.2, 0.25) is 0 Å². The van der Waals surface area contributed by atoms with E-state index in [1.54, 1.807) is 18.2 Å². The summed E-state index contributed by atoms with van der Waals surface area (Å²) in [6.07, 6.45) is 2.21. The molecule has 0 fully saturated rings. The first-order valence-electron chi connectivity index (χ1n) is 6.53. The molecule has 0 saturated heterocycles. The van der Waals surface area contributed by atoms with Gasteiger partial charge in [0.15, 0.2) is 5.78 Å². The average molecular weight is 267 g/mol. The molecule has 5 heteroatoms. The number of fused-ring (bicyclic) bond motifs is 3. The Balaban J connectivity index is 1.98. The Morgan fingerprint density at radius 2 is 2.25 bits per heavy atom. The number of aryl methyl sites for hydroxylation is 1. The van der Waals surface area contributed by atoms with Crippen LogP contribution < -0.4 is 5.32 Å². The van der Waals surface area contributed by atoms with Crippen LogP contribution in [-0.2, 0) is 11.2 Å². The van der Waals surface area contributed by atoms with E-state index in [2.05, 4.69) is 10.3 Å². The van der Waals surface area contributed by atoms with E-state index in [9.17, 15) is 9.59 Å². The highest BCUT2D eigenvalue weighted by atomic mass is 16.1. The van der Waals surface area contributed by atoms with Gasteiger partial charge in [0.05, 0.1) is 11.8 Å². The summed E-state index contributed by atoms with van der Waals surface area (Å²) in [6, 6.07) is 7.31. The first kappa shape index (κ1) is 12.4. The Labute approximate surface area is 115 Å². The zero-order valence-corrected chi connectivity index (χ0v) is 10.8. The number of hydrogen-bond donors (Lipinski definition) is 2. The molecular weight excluding hydrogens is 254 g/mol. The number of amides is 1. The molecule has 0 saturated carbocycles. The van der Waals surface area contributed by atoms with Gasteiger partial charge in [0.1, 0.15) is 6.42 Å². The van der Waals surface area contributed by atoms with Crippen molar-refractivity contribution < 1.29 is 9.59 Å². The fraction of sp³-hybridized carbons (Fsp3) is 0.267. The van der Waals surface area contributed by atoms with E-state index >= 15 is 0 Å². The third-order valence-electron chi connectivity index (χ3n) is 3.54.